The van der Waals surface area contributed by atoms with E-state index in [1.807, 2.05) is 0 Å². The first-order valence-corrected chi connectivity index (χ1v) is 15.2. The minimum atomic E-state index is -1.00. The number of methoxy groups -OCH3 is 5. The van der Waals surface area contributed by atoms with Gasteiger partial charge >= 0.3 is 5.97 Å². The Bertz CT molecular complexity index is 1370. The first kappa shape index (κ1) is 36.2. The number of Topliss-reactive ketones (excluding diaryl/α,β-unsaturated/α-hetero) is 1. The Hall–Kier alpha value is -4.29. The van der Waals surface area contributed by atoms with Gasteiger partial charge < -0.3 is 44.0 Å². The van der Waals surface area contributed by atoms with Crippen molar-refractivity contribution in [1.29, 1.82) is 0 Å². The zero-order chi connectivity index (χ0) is 33.8. The lowest BCUT2D eigenvalue weighted by molar-refractivity contribution is -0.127. The molecule has 1 aliphatic rings. The Morgan fingerprint density at radius 3 is 2.24 bits per heavy atom. The molecule has 0 saturated carbocycles. The van der Waals surface area contributed by atoms with Gasteiger partial charge in [-0.2, -0.15) is 0 Å². The van der Waals surface area contributed by atoms with Crippen molar-refractivity contribution >= 4 is 23.7 Å². The molecule has 1 heterocycles. The number of phenolic OH excluding ortho intramolecular Hbond substituents is 2. The number of phenols is 2. The lowest BCUT2D eigenvalue weighted by Crippen LogP contribution is -2.34. The summed E-state index contributed by atoms with van der Waals surface area (Å²) in [4.78, 5) is 39.1. The van der Waals surface area contributed by atoms with Crippen molar-refractivity contribution in [3.63, 3.8) is 0 Å². The highest BCUT2D eigenvalue weighted by atomic mass is 16.7. The van der Waals surface area contributed by atoms with Crippen LogP contribution < -0.4 is 19.5 Å². The molecule has 1 aliphatic heterocycles. The summed E-state index contributed by atoms with van der Waals surface area (Å²) < 4.78 is 32.6. The molecule has 12 nitrogen and oxygen atoms in total. The molecule has 0 bridgehead atoms. The molecule has 0 fully saturated rings. The Morgan fingerprint density at radius 2 is 1.63 bits per heavy atom. The normalized spacial score (nSPS) is 17.3. The zero-order valence-electron chi connectivity index (χ0n) is 27.3. The third-order valence-corrected chi connectivity index (χ3v) is 7.87. The number of fused-ring (bicyclic) bond motifs is 1. The standard InChI is InChI=1S/C34H45NO11/c1-20-11-10-14-23(36)13-9-7-8-12-21-15-25(37)31(32(39)30(21)34(40)46-20)24(18-28(38)35-19-29(43-4)44-5)22-16-26(41-2)33(45-6)27(17-22)42-3/h8,12,15-17,20,24,29,37,39H,7,9-11,13-14,18-19H2,1-6H3,(H,35,38)/b12-8+/t20-,24?/m0/s1. The minimum Gasteiger partial charge on any atom is -0.507 e. The van der Waals surface area contributed by atoms with Gasteiger partial charge in [-0.1, -0.05) is 12.2 Å². The van der Waals surface area contributed by atoms with Crippen molar-refractivity contribution in [2.75, 3.05) is 42.1 Å². The van der Waals surface area contributed by atoms with E-state index in [1.54, 1.807) is 31.2 Å². The van der Waals surface area contributed by atoms with Crippen molar-refractivity contribution in [1.82, 2.24) is 5.32 Å². The third-order valence-electron chi connectivity index (χ3n) is 7.87. The van der Waals surface area contributed by atoms with Gasteiger partial charge in [0.1, 0.15) is 22.8 Å². The Kier molecular flexibility index (Phi) is 13.7. The molecular weight excluding hydrogens is 598 g/mol. The van der Waals surface area contributed by atoms with Gasteiger partial charge in [-0.15, -0.1) is 0 Å². The summed E-state index contributed by atoms with van der Waals surface area (Å²) in [6.07, 6.45) is 4.94. The lowest BCUT2D eigenvalue weighted by Gasteiger charge is -2.25. The first-order valence-electron chi connectivity index (χ1n) is 15.2. The predicted octanol–water partition coefficient (Wildman–Crippen LogP) is 4.86. The zero-order valence-corrected chi connectivity index (χ0v) is 27.3. The van der Waals surface area contributed by atoms with E-state index in [9.17, 15) is 24.6 Å². The van der Waals surface area contributed by atoms with E-state index in [2.05, 4.69) is 5.32 Å². The van der Waals surface area contributed by atoms with Gasteiger partial charge in [0.2, 0.25) is 11.7 Å². The van der Waals surface area contributed by atoms with Gasteiger partial charge in [-0.05, 0) is 61.9 Å². The second-order valence-corrected chi connectivity index (χ2v) is 11.0. The van der Waals surface area contributed by atoms with Gasteiger partial charge in [0.15, 0.2) is 17.8 Å². The van der Waals surface area contributed by atoms with Crippen LogP contribution in [0.5, 0.6) is 28.7 Å². The molecule has 252 valence electrons. The van der Waals surface area contributed by atoms with Crippen LogP contribution in [0.15, 0.2) is 24.3 Å². The molecule has 0 aliphatic carbocycles. The Balaban J connectivity index is 2.21. The van der Waals surface area contributed by atoms with E-state index in [4.69, 9.17) is 28.4 Å². The number of carbonyl (C=O) groups is 3. The van der Waals surface area contributed by atoms with Gasteiger partial charge in [0, 0.05) is 45.0 Å². The number of hydrogen-bond acceptors (Lipinski definition) is 11. The quantitative estimate of drug-likeness (QED) is 0.227. The van der Waals surface area contributed by atoms with E-state index in [1.165, 1.54) is 41.6 Å². The summed E-state index contributed by atoms with van der Waals surface area (Å²) in [7, 11) is 7.23. The molecule has 46 heavy (non-hydrogen) atoms. The predicted molar refractivity (Wildman–Crippen MR) is 170 cm³/mol. The highest BCUT2D eigenvalue weighted by molar-refractivity contribution is 5.98. The minimum absolute atomic E-state index is 0.0383. The Labute approximate surface area is 269 Å². The largest absolute Gasteiger partial charge is 0.507 e. The van der Waals surface area contributed by atoms with E-state index in [-0.39, 0.29) is 52.7 Å². The van der Waals surface area contributed by atoms with E-state index in [0.717, 1.165) is 0 Å². The molecule has 0 saturated heterocycles. The summed E-state index contributed by atoms with van der Waals surface area (Å²) in [6, 6.07) is 4.58. The van der Waals surface area contributed by atoms with Crippen LogP contribution in [0.1, 0.15) is 84.8 Å². The number of aromatic hydroxyl groups is 2. The molecule has 0 spiro atoms. The summed E-state index contributed by atoms with van der Waals surface area (Å²) in [6.45, 7) is 1.76. The molecule has 12 heteroatoms. The molecule has 2 atom stereocenters. The number of cyclic esters (lactones) is 1. The SMILES string of the molecule is COc1cc(C(CC(=O)NCC(OC)OC)c2c(O)cc3c(c2O)C(=O)O[C@@H](C)CCCC(=O)CCC/C=C/3)cc(OC)c1OC. The highest BCUT2D eigenvalue weighted by Crippen LogP contribution is 2.47. The van der Waals surface area contributed by atoms with Gasteiger partial charge in [-0.3, -0.25) is 9.59 Å². The van der Waals surface area contributed by atoms with Crippen molar-refractivity contribution in [3.8, 4) is 28.7 Å². The van der Waals surface area contributed by atoms with Crippen molar-refractivity contribution < 1.29 is 53.0 Å². The molecule has 2 aromatic rings. The van der Waals surface area contributed by atoms with Crippen molar-refractivity contribution in [2.24, 2.45) is 0 Å². The average Bonchev–Trinajstić information content (AvgIpc) is 3.03. The van der Waals surface area contributed by atoms with Crippen LogP contribution in [0.3, 0.4) is 0 Å². The molecule has 3 N–H and O–H groups in total. The summed E-state index contributed by atoms with van der Waals surface area (Å²) in [5.41, 5.74) is 0.437. The molecular formula is C34H45NO11. The van der Waals surface area contributed by atoms with Crippen LogP contribution >= 0.6 is 0 Å². The van der Waals surface area contributed by atoms with E-state index < -0.39 is 35.9 Å². The summed E-state index contributed by atoms with van der Waals surface area (Å²) in [5.74, 6) is -2.11. The number of carbonyl (C=O) groups excluding carboxylic acids is 3. The fraction of sp³-hybridized carbons (Fsp3) is 0.500. The smallest absolute Gasteiger partial charge is 0.342 e. The monoisotopic (exact) mass is 643 g/mol. The number of hydrogen-bond donors (Lipinski definition) is 3. The third kappa shape index (κ3) is 9.13. The van der Waals surface area contributed by atoms with Crippen LogP contribution in [0, 0.1) is 0 Å². The fourth-order valence-electron chi connectivity index (χ4n) is 5.43. The first-order chi connectivity index (χ1) is 22.1. The maximum Gasteiger partial charge on any atom is 0.342 e. The van der Waals surface area contributed by atoms with Crippen LogP contribution in [0.25, 0.3) is 6.08 Å². The van der Waals surface area contributed by atoms with Gasteiger partial charge in [-0.25, -0.2) is 4.79 Å². The van der Waals surface area contributed by atoms with E-state index in [0.29, 0.717) is 49.8 Å². The van der Waals surface area contributed by atoms with Gasteiger partial charge in [0.05, 0.1) is 34.0 Å². The number of ether oxygens (including phenoxy) is 6. The number of amides is 1. The second kappa shape index (κ2) is 17.4. The number of allylic oxidation sites excluding steroid dienone is 1. The molecule has 0 aromatic heterocycles. The lowest BCUT2D eigenvalue weighted by atomic mass is 9.84. The van der Waals surface area contributed by atoms with Gasteiger partial charge in [0.25, 0.3) is 0 Å². The maximum atomic E-state index is 13.6. The van der Waals surface area contributed by atoms with Crippen LogP contribution in [0.2, 0.25) is 0 Å². The van der Waals surface area contributed by atoms with Crippen LogP contribution in [-0.2, 0) is 23.8 Å². The molecule has 1 amide bonds. The molecule has 0 radical (unpaired) electrons. The number of nitrogens with one attached hydrogen (secondary N) is 1. The second-order valence-electron chi connectivity index (χ2n) is 11.0. The summed E-state index contributed by atoms with van der Waals surface area (Å²) >= 11 is 0. The van der Waals surface area contributed by atoms with E-state index >= 15 is 0 Å². The highest BCUT2D eigenvalue weighted by Gasteiger charge is 2.32. The molecule has 2 aromatic carbocycles. The maximum absolute atomic E-state index is 13.6. The molecule has 1 unspecified atom stereocenters. The summed E-state index contributed by atoms with van der Waals surface area (Å²) in [5, 5.41) is 26.0. The fourth-order valence-corrected chi connectivity index (χ4v) is 5.43. The topological polar surface area (TPSA) is 159 Å². The average molecular weight is 644 g/mol. The van der Waals surface area contributed by atoms with Crippen LogP contribution in [0.4, 0.5) is 0 Å². The number of rotatable bonds is 11. The van der Waals surface area contributed by atoms with Crippen molar-refractivity contribution in [3.05, 3.63) is 46.5 Å². The number of ketones is 1. The van der Waals surface area contributed by atoms with Crippen LogP contribution in [-0.4, -0.2) is 82.4 Å². The Morgan fingerprint density at radius 1 is 0.978 bits per heavy atom. The molecule has 3 rings (SSSR count). The van der Waals surface area contributed by atoms with Crippen molar-refractivity contribution in [2.45, 2.75) is 70.2 Å². The number of esters is 1. The number of benzene rings is 2.